The van der Waals surface area contributed by atoms with Crippen molar-refractivity contribution in [2.75, 3.05) is 12.3 Å². The Bertz CT molecular complexity index is 468. The first-order valence-corrected chi connectivity index (χ1v) is 6.71. The largest absolute Gasteiger partial charge is 0.383 e. The molecule has 1 aromatic rings. The van der Waals surface area contributed by atoms with Crippen molar-refractivity contribution >= 4 is 11.7 Å². The number of hydrogen-bond donors (Lipinski definition) is 2. The molecule has 2 bridgehead atoms. The minimum absolute atomic E-state index is 0.0941. The third-order valence-electron chi connectivity index (χ3n) is 4.64. The summed E-state index contributed by atoms with van der Waals surface area (Å²) < 4.78 is 1.52. The van der Waals surface area contributed by atoms with Crippen LogP contribution in [0, 0.1) is 17.8 Å². The van der Waals surface area contributed by atoms with Crippen LogP contribution in [0.2, 0.25) is 0 Å². The maximum Gasteiger partial charge on any atom is 0.256 e. The van der Waals surface area contributed by atoms with Crippen molar-refractivity contribution in [2.24, 2.45) is 24.8 Å². The summed E-state index contributed by atoms with van der Waals surface area (Å²) in [5.41, 5.74) is 6.27. The SMILES string of the molecule is Cn1ncc(C(=O)NCC2CC3CCC2C3)c1N. The molecule has 3 rings (SSSR count). The number of amides is 1. The van der Waals surface area contributed by atoms with Gasteiger partial charge in [-0.05, 0) is 37.0 Å². The van der Waals surface area contributed by atoms with Gasteiger partial charge in [0.1, 0.15) is 11.4 Å². The highest BCUT2D eigenvalue weighted by atomic mass is 16.1. The molecule has 1 amide bonds. The second kappa shape index (κ2) is 4.30. The minimum atomic E-state index is -0.0941. The van der Waals surface area contributed by atoms with Gasteiger partial charge in [0.2, 0.25) is 0 Å². The topological polar surface area (TPSA) is 72.9 Å². The lowest BCUT2D eigenvalue weighted by atomic mass is 9.89. The highest BCUT2D eigenvalue weighted by Crippen LogP contribution is 2.47. The van der Waals surface area contributed by atoms with E-state index in [0.29, 0.717) is 17.3 Å². The number of aromatic nitrogens is 2. The van der Waals surface area contributed by atoms with Crippen LogP contribution in [-0.2, 0) is 7.05 Å². The van der Waals surface area contributed by atoms with Gasteiger partial charge in [-0.2, -0.15) is 5.10 Å². The molecule has 3 unspecified atom stereocenters. The minimum Gasteiger partial charge on any atom is -0.383 e. The van der Waals surface area contributed by atoms with Gasteiger partial charge < -0.3 is 11.1 Å². The lowest BCUT2D eigenvalue weighted by Crippen LogP contribution is -2.31. The number of nitrogens with two attached hydrogens (primary N) is 1. The number of aryl methyl sites for hydroxylation is 1. The second-order valence-corrected chi connectivity index (χ2v) is 5.71. The molecule has 0 aromatic carbocycles. The fraction of sp³-hybridized carbons (Fsp3) is 0.692. The monoisotopic (exact) mass is 248 g/mol. The van der Waals surface area contributed by atoms with Gasteiger partial charge in [0.15, 0.2) is 0 Å². The average Bonchev–Trinajstić information content (AvgIpc) is 3.04. The zero-order valence-electron chi connectivity index (χ0n) is 10.7. The fourth-order valence-electron chi connectivity index (χ4n) is 3.57. The van der Waals surface area contributed by atoms with Crippen LogP contribution in [0.3, 0.4) is 0 Å². The summed E-state index contributed by atoms with van der Waals surface area (Å²) in [6.45, 7) is 0.786. The van der Waals surface area contributed by atoms with Gasteiger partial charge in [0, 0.05) is 13.6 Å². The summed E-state index contributed by atoms with van der Waals surface area (Å²) >= 11 is 0. The van der Waals surface area contributed by atoms with Crippen molar-refractivity contribution in [3.05, 3.63) is 11.8 Å². The molecule has 1 aromatic heterocycles. The van der Waals surface area contributed by atoms with Crippen LogP contribution in [-0.4, -0.2) is 22.2 Å². The Labute approximate surface area is 107 Å². The number of fused-ring (bicyclic) bond motifs is 2. The predicted octanol–water partition coefficient (Wildman–Crippen LogP) is 1.17. The van der Waals surface area contributed by atoms with E-state index in [1.165, 1.54) is 36.6 Å². The molecule has 1 heterocycles. The molecule has 98 valence electrons. The number of nitrogens with one attached hydrogen (secondary N) is 1. The molecule has 5 nitrogen and oxygen atoms in total. The van der Waals surface area contributed by atoms with Crippen molar-refractivity contribution in [1.29, 1.82) is 0 Å². The second-order valence-electron chi connectivity index (χ2n) is 5.71. The lowest BCUT2D eigenvalue weighted by molar-refractivity contribution is 0.0942. The Morgan fingerprint density at radius 1 is 1.56 bits per heavy atom. The molecular weight excluding hydrogens is 228 g/mol. The van der Waals surface area contributed by atoms with E-state index in [0.717, 1.165) is 18.4 Å². The maximum absolute atomic E-state index is 12.0. The molecule has 2 fully saturated rings. The molecule has 0 spiro atoms. The van der Waals surface area contributed by atoms with Crippen LogP contribution in [0.25, 0.3) is 0 Å². The van der Waals surface area contributed by atoms with Gasteiger partial charge in [-0.3, -0.25) is 9.48 Å². The molecule has 2 aliphatic carbocycles. The molecule has 3 N–H and O–H groups in total. The quantitative estimate of drug-likeness (QED) is 0.843. The summed E-state index contributed by atoms with van der Waals surface area (Å²) in [5, 5.41) is 6.99. The molecule has 2 saturated carbocycles. The summed E-state index contributed by atoms with van der Waals surface area (Å²) in [5.74, 6) is 2.76. The number of nitrogens with zero attached hydrogens (tertiary/aromatic N) is 2. The van der Waals surface area contributed by atoms with Crippen molar-refractivity contribution in [3.63, 3.8) is 0 Å². The van der Waals surface area contributed by atoms with E-state index in [1.54, 1.807) is 7.05 Å². The highest BCUT2D eigenvalue weighted by Gasteiger charge is 2.39. The standard InChI is InChI=1S/C13H20N4O/c1-17-12(14)11(7-16-17)13(18)15-6-10-5-8-2-3-9(10)4-8/h7-10H,2-6,14H2,1H3,(H,15,18). The van der Waals surface area contributed by atoms with E-state index in [4.69, 9.17) is 5.73 Å². The first-order chi connectivity index (χ1) is 8.65. The van der Waals surface area contributed by atoms with Crippen LogP contribution in [0.15, 0.2) is 6.20 Å². The first-order valence-electron chi connectivity index (χ1n) is 6.71. The maximum atomic E-state index is 12.0. The molecule has 18 heavy (non-hydrogen) atoms. The van der Waals surface area contributed by atoms with Gasteiger partial charge in [0.05, 0.1) is 6.20 Å². The average molecular weight is 248 g/mol. The number of carbonyl (C=O) groups excluding carboxylic acids is 1. The van der Waals surface area contributed by atoms with Crippen molar-refractivity contribution in [2.45, 2.75) is 25.7 Å². The van der Waals surface area contributed by atoms with E-state index < -0.39 is 0 Å². The molecule has 3 atom stereocenters. The van der Waals surface area contributed by atoms with Crippen molar-refractivity contribution in [3.8, 4) is 0 Å². The van der Waals surface area contributed by atoms with E-state index in [2.05, 4.69) is 10.4 Å². The van der Waals surface area contributed by atoms with E-state index in [-0.39, 0.29) is 5.91 Å². The highest BCUT2D eigenvalue weighted by molar-refractivity contribution is 5.98. The van der Waals surface area contributed by atoms with Crippen molar-refractivity contribution in [1.82, 2.24) is 15.1 Å². The zero-order chi connectivity index (χ0) is 12.7. The van der Waals surface area contributed by atoms with Gasteiger partial charge in [-0.15, -0.1) is 0 Å². The smallest absolute Gasteiger partial charge is 0.256 e. The summed E-state index contributed by atoms with van der Waals surface area (Å²) in [6, 6.07) is 0. The Balaban J connectivity index is 1.57. The first kappa shape index (κ1) is 11.6. The third-order valence-corrected chi connectivity index (χ3v) is 4.64. The normalized spacial score (nSPS) is 29.7. The number of anilines is 1. The molecule has 2 aliphatic rings. The predicted molar refractivity (Wildman–Crippen MR) is 68.9 cm³/mol. The zero-order valence-corrected chi connectivity index (χ0v) is 10.7. The van der Waals surface area contributed by atoms with E-state index in [9.17, 15) is 4.79 Å². The Morgan fingerprint density at radius 3 is 2.94 bits per heavy atom. The number of rotatable bonds is 3. The van der Waals surface area contributed by atoms with Crippen molar-refractivity contribution < 1.29 is 4.79 Å². The molecule has 5 heteroatoms. The third kappa shape index (κ3) is 1.87. The number of nitrogen functional groups attached to an aromatic ring is 1. The molecular formula is C13H20N4O. The van der Waals surface area contributed by atoms with Crippen LogP contribution in [0.1, 0.15) is 36.0 Å². The van der Waals surface area contributed by atoms with Crippen LogP contribution < -0.4 is 11.1 Å². The summed E-state index contributed by atoms with van der Waals surface area (Å²) in [6.07, 6.45) is 6.93. The lowest BCUT2D eigenvalue weighted by Gasteiger charge is -2.21. The Morgan fingerprint density at radius 2 is 2.39 bits per heavy atom. The van der Waals surface area contributed by atoms with E-state index >= 15 is 0 Å². The number of hydrogen-bond acceptors (Lipinski definition) is 3. The summed E-state index contributed by atoms with van der Waals surface area (Å²) in [7, 11) is 1.74. The van der Waals surface area contributed by atoms with Crippen LogP contribution in [0.4, 0.5) is 5.82 Å². The van der Waals surface area contributed by atoms with Crippen LogP contribution in [0.5, 0.6) is 0 Å². The van der Waals surface area contributed by atoms with Gasteiger partial charge in [0.25, 0.3) is 5.91 Å². The van der Waals surface area contributed by atoms with Gasteiger partial charge in [-0.1, -0.05) is 6.42 Å². The van der Waals surface area contributed by atoms with Gasteiger partial charge in [-0.25, -0.2) is 0 Å². The number of carbonyl (C=O) groups is 1. The molecule has 0 saturated heterocycles. The van der Waals surface area contributed by atoms with E-state index in [1.807, 2.05) is 0 Å². The fourth-order valence-corrected chi connectivity index (χ4v) is 3.57. The summed E-state index contributed by atoms with van der Waals surface area (Å²) in [4.78, 5) is 12.0. The Kier molecular flexibility index (Phi) is 2.76. The van der Waals surface area contributed by atoms with Gasteiger partial charge >= 0.3 is 0 Å². The Hall–Kier alpha value is -1.52. The van der Waals surface area contributed by atoms with Crippen LogP contribution >= 0.6 is 0 Å². The molecule has 0 radical (unpaired) electrons. The molecule has 0 aliphatic heterocycles.